The van der Waals surface area contributed by atoms with E-state index in [1.807, 2.05) is 24.3 Å². The van der Waals surface area contributed by atoms with Crippen molar-refractivity contribution < 1.29 is 4.79 Å². The molecule has 0 atom stereocenters. The van der Waals surface area contributed by atoms with E-state index in [-0.39, 0.29) is 6.54 Å². The summed E-state index contributed by atoms with van der Waals surface area (Å²) in [5, 5.41) is 5.35. The Morgan fingerprint density at radius 3 is 3.00 bits per heavy atom. The van der Waals surface area contributed by atoms with Gasteiger partial charge in [-0.2, -0.15) is 5.10 Å². The Bertz CT molecular complexity index is 450. The number of aromatic nitrogens is 2. The van der Waals surface area contributed by atoms with E-state index in [1.165, 1.54) is 0 Å². The van der Waals surface area contributed by atoms with Crippen molar-refractivity contribution in [3.05, 3.63) is 29.4 Å². The van der Waals surface area contributed by atoms with Gasteiger partial charge in [0.1, 0.15) is 6.29 Å². The lowest BCUT2D eigenvalue weighted by Gasteiger charge is -1.94. The molecule has 0 bridgehead atoms. The van der Waals surface area contributed by atoms with Gasteiger partial charge >= 0.3 is 0 Å². The number of carbonyl (C=O) groups is 1. The summed E-state index contributed by atoms with van der Waals surface area (Å²) >= 11 is 5.87. The topological polar surface area (TPSA) is 34.9 Å². The maximum atomic E-state index is 10.3. The predicted octanol–water partition coefficient (Wildman–Crippen LogP) is 1.89. The average Bonchev–Trinajstić information content (AvgIpc) is 2.46. The Morgan fingerprint density at radius 2 is 2.23 bits per heavy atom. The monoisotopic (exact) mass is 194 g/mol. The number of carbonyl (C=O) groups excluding carboxylic acids is 1. The van der Waals surface area contributed by atoms with Gasteiger partial charge in [-0.05, 0) is 12.1 Å². The second kappa shape index (κ2) is 3.18. The van der Waals surface area contributed by atoms with E-state index >= 15 is 0 Å². The summed E-state index contributed by atoms with van der Waals surface area (Å²) in [6.07, 6.45) is 0.801. The Hall–Kier alpha value is -1.35. The highest BCUT2D eigenvalue weighted by molar-refractivity contribution is 6.34. The summed E-state index contributed by atoms with van der Waals surface area (Å²) in [7, 11) is 0. The molecule has 2 aromatic rings. The fraction of sp³-hybridized carbons (Fsp3) is 0.111. The van der Waals surface area contributed by atoms with Crippen molar-refractivity contribution >= 4 is 28.8 Å². The minimum Gasteiger partial charge on any atom is -0.301 e. The molecule has 0 radical (unpaired) electrons. The van der Waals surface area contributed by atoms with Crippen molar-refractivity contribution in [3.8, 4) is 0 Å². The van der Waals surface area contributed by atoms with Crippen LogP contribution in [0.15, 0.2) is 24.3 Å². The molecular weight excluding hydrogens is 188 g/mol. The SMILES string of the molecule is O=CCn1nc(Cl)c2ccccc21. The van der Waals surface area contributed by atoms with E-state index in [9.17, 15) is 4.79 Å². The van der Waals surface area contributed by atoms with Gasteiger partial charge in [0.2, 0.25) is 0 Å². The first kappa shape index (κ1) is 8.26. The van der Waals surface area contributed by atoms with Crippen molar-refractivity contribution in [2.45, 2.75) is 6.54 Å². The van der Waals surface area contributed by atoms with Gasteiger partial charge in [-0.15, -0.1) is 0 Å². The van der Waals surface area contributed by atoms with Crippen molar-refractivity contribution in [1.29, 1.82) is 0 Å². The largest absolute Gasteiger partial charge is 0.301 e. The van der Waals surface area contributed by atoms with Crippen LogP contribution < -0.4 is 0 Å². The van der Waals surface area contributed by atoms with Crippen LogP contribution in [-0.2, 0) is 11.3 Å². The molecule has 1 heterocycles. The van der Waals surface area contributed by atoms with Gasteiger partial charge < -0.3 is 4.79 Å². The second-order valence-corrected chi connectivity index (χ2v) is 3.01. The number of hydrogen-bond acceptors (Lipinski definition) is 2. The second-order valence-electron chi connectivity index (χ2n) is 2.66. The fourth-order valence-corrected chi connectivity index (χ4v) is 1.55. The molecule has 4 heteroatoms. The minimum absolute atomic E-state index is 0.243. The lowest BCUT2D eigenvalue weighted by Crippen LogP contribution is -1.99. The van der Waals surface area contributed by atoms with E-state index in [0.717, 1.165) is 17.2 Å². The molecule has 2 rings (SSSR count). The molecule has 0 saturated heterocycles. The van der Waals surface area contributed by atoms with Crippen molar-refractivity contribution in [2.24, 2.45) is 0 Å². The standard InChI is InChI=1S/C9H7ClN2O/c10-9-7-3-1-2-4-8(7)12(11-9)5-6-13/h1-4,6H,5H2. The van der Waals surface area contributed by atoms with Gasteiger partial charge in [-0.25, -0.2) is 0 Å². The molecular formula is C9H7ClN2O. The van der Waals surface area contributed by atoms with Crippen LogP contribution in [0.25, 0.3) is 10.9 Å². The molecule has 0 amide bonds. The number of benzene rings is 1. The van der Waals surface area contributed by atoms with E-state index in [4.69, 9.17) is 11.6 Å². The number of rotatable bonds is 2. The smallest absolute Gasteiger partial charge is 0.158 e. The summed E-state index contributed by atoms with van der Waals surface area (Å²) in [5.41, 5.74) is 0.889. The van der Waals surface area contributed by atoms with E-state index in [1.54, 1.807) is 4.68 Å². The summed E-state index contributed by atoms with van der Waals surface area (Å²) < 4.78 is 1.59. The lowest BCUT2D eigenvalue weighted by molar-refractivity contribution is -0.108. The Labute approximate surface area is 79.9 Å². The molecule has 0 aliphatic rings. The number of para-hydroxylation sites is 1. The third-order valence-electron chi connectivity index (χ3n) is 1.86. The maximum Gasteiger partial charge on any atom is 0.158 e. The van der Waals surface area contributed by atoms with Crippen LogP contribution in [0.2, 0.25) is 5.15 Å². The summed E-state index contributed by atoms with van der Waals surface area (Å²) in [4.78, 5) is 10.3. The van der Waals surface area contributed by atoms with Crippen molar-refractivity contribution in [3.63, 3.8) is 0 Å². The van der Waals surface area contributed by atoms with E-state index < -0.39 is 0 Å². The van der Waals surface area contributed by atoms with Crippen LogP contribution >= 0.6 is 11.6 Å². The molecule has 66 valence electrons. The van der Waals surface area contributed by atoms with Crippen LogP contribution in [0, 0.1) is 0 Å². The van der Waals surface area contributed by atoms with E-state index in [2.05, 4.69) is 5.10 Å². The predicted molar refractivity (Wildman–Crippen MR) is 50.8 cm³/mol. The number of halogens is 1. The Morgan fingerprint density at radius 1 is 1.46 bits per heavy atom. The van der Waals surface area contributed by atoms with Crippen LogP contribution in [-0.4, -0.2) is 16.1 Å². The number of aldehydes is 1. The average molecular weight is 195 g/mol. The number of hydrogen-bond donors (Lipinski definition) is 0. The summed E-state index contributed by atoms with van der Waals surface area (Å²) in [5.74, 6) is 0. The van der Waals surface area contributed by atoms with Crippen molar-refractivity contribution in [1.82, 2.24) is 9.78 Å². The molecule has 3 nitrogen and oxygen atoms in total. The van der Waals surface area contributed by atoms with Gasteiger partial charge in [0, 0.05) is 5.39 Å². The first-order valence-corrected chi connectivity index (χ1v) is 4.25. The first-order chi connectivity index (χ1) is 6.33. The van der Waals surface area contributed by atoms with Crippen LogP contribution in [0.5, 0.6) is 0 Å². The number of nitrogens with zero attached hydrogens (tertiary/aromatic N) is 2. The first-order valence-electron chi connectivity index (χ1n) is 3.87. The molecule has 0 aliphatic carbocycles. The minimum atomic E-state index is 0.243. The molecule has 0 aliphatic heterocycles. The molecule has 0 unspecified atom stereocenters. The molecule has 0 fully saturated rings. The molecule has 0 spiro atoms. The van der Waals surface area contributed by atoms with Crippen LogP contribution in [0.4, 0.5) is 0 Å². The molecule has 1 aromatic carbocycles. The highest BCUT2D eigenvalue weighted by Crippen LogP contribution is 2.21. The molecule has 0 saturated carbocycles. The van der Waals surface area contributed by atoms with Crippen LogP contribution in [0.3, 0.4) is 0 Å². The van der Waals surface area contributed by atoms with Crippen molar-refractivity contribution in [2.75, 3.05) is 0 Å². The summed E-state index contributed by atoms with van der Waals surface area (Å²) in [6.45, 7) is 0.243. The van der Waals surface area contributed by atoms with Gasteiger partial charge in [0.25, 0.3) is 0 Å². The molecule has 0 N–H and O–H groups in total. The van der Waals surface area contributed by atoms with Gasteiger partial charge in [0.15, 0.2) is 5.15 Å². The van der Waals surface area contributed by atoms with Gasteiger partial charge in [0.05, 0.1) is 12.1 Å². The zero-order valence-electron chi connectivity index (χ0n) is 6.77. The maximum absolute atomic E-state index is 10.3. The van der Waals surface area contributed by atoms with Crippen LogP contribution in [0.1, 0.15) is 0 Å². The number of fused-ring (bicyclic) bond motifs is 1. The highest BCUT2D eigenvalue weighted by Gasteiger charge is 2.06. The lowest BCUT2D eigenvalue weighted by atomic mass is 10.2. The normalized spacial score (nSPS) is 10.5. The molecule has 1 aromatic heterocycles. The highest BCUT2D eigenvalue weighted by atomic mass is 35.5. The van der Waals surface area contributed by atoms with Gasteiger partial charge in [-0.3, -0.25) is 4.68 Å². The third kappa shape index (κ3) is 1.31. The zero-order valence-corrected chi connectivity index (χ0v) is 7.53. The molecule has 13 heavy (non-hydrogen) atoms. The van der Waals surface area contributed by atoms with Gasteiger partial charge in [-0.1, -0.05) is 23.7 Å². The quantitative estimate of drug-likeness (QED) is 0.685. The Kier molecular flexibility index (Phi) is 2.02. The Balaban J connectivity index is 2.70. The third-order valence-corrected chi connectivity index (χ3v) is 2.14. The fourth-order valence-electron chi connectivity index (χ4n) is 1.30. The summed E-state index contributed by atoms with van der Waals surface area (Å²) in [6, 6.07) is 7.55. The van der Waals surface area contributed by atoms with E-state index in [0.29, 0.717) is 5.15 Å². The zero-order chi connectivity index (χ0) is 9.26.